The van der Waals surface area contributed by atoms with Gasteiger partial charge in [0.1, 0.15) is 5.69 Å². The van der Waals surface area contributed by atoms with Gasteiger partial charge in [-0.1, -0.05) is 0 Å². The van der Waals surface area contributed by atoms with Crippen LogP contribution < -0.4 is 0 Å². The second-order valence-corrected chi connectivity index (χ2v) is 2.43. The predicted molar refractivity (Wildman–Crippen MR) is 38.4 cm³/mol. The first-order valence-corrected chi connectivity index (χ1v) is 3.56. The van der Waals surface area contributed by atoms with Gasteiger partial charge in [0.05, 0.1) is 18.2 Å². The average Bonchev–Trinajstić information content (AvgIpc) is 2.12. The largest absolute Gasteiger partial charge is 0.280 e. The summed E-state index contributed by atoms with van der Waals surface area (Å²) < 4.78 is 49.6. The van der Waals surface area contributed by atoms with E-state index in [2.05, 4.69) is 4.98 Å². The van der Waals surface area contributed by atoms with Gasteiger partial charge in [-0.25, -0.2) is 22.5 Å². The summed E-state index contributed by atoms with van der Waals surface area (Å²) in [7, 11) is 0. The lowest BCUT2D eigenvalue weighted by Gasteiger charge is -2.03. The summed E-state index contributed by atoms with van der Waals surface area (Å²) in [6, 6.07) is 1.82. The molecule has 0 fully saturated rings. The lowest BCUT2D eigenvalue weighted by Crippen LogP contribution is -2.02. The molecule has 0 N–H and O–H groups in total. The highest BCUT2D eigenvalue weighted by Crippen LogP contribution is 2.20. The Bertz CT molecular complexity index is 384. The van der Waals surface area contributed by atoms with Gasteiger partial charge in [0, 0.05) is 6.07 Å². The Morgan fingerprint density at radius 2 is 2.07 bits per heavy atom. The van der Waals surface area contributed by atoms with E-state index in [0.717, 1.165) is 0 Å². The van der Waals surface area contributed by atoms with E-state index in [1.54, 1.807) is 0 Å². The molecule has 0 amide bonds. The molecule has 0 atom stereocenters. The van der Waals surface area contributed by atoms with Gasteiger partial charge in [-0.05, 0) is 0 Å². The Kier molecular flexibility index (Phi) is 3.02. The molecule has 0 aliphatic heterocycles. The second-order valence-electron chi connectivity index (χ2n) is 2.43. The smallest absolute Gasteiger partial charge is 0.247 e. The first-order chi connectivity index (χ1) is 6.56. The van der Waals surface area contributed by atoms with Gasteiger partial charge in [0.25, 0.3) is 6.43 Å². The number of hydrogen-bond donors (Lipinski definition) is 0. The van der Waals surface area contributed by atoms with Gasteiger partial charge in [0.2, 0.25) is 0 Å². The number of aromatic nitrogens is 1. The highest BCUT2D eigenvalue weighted by atomic mass is 19.3. The SMILES string of the molecule is N#CCc1nc(C(F)F)cc(F)c1F. The maximum absolute atomic E-state index is 12.8. The maximum atomic E-state index is 12.8. The molecule has 6 heteroatoms. The van der Waals surface area contributed by atoms with Crippen molar-refractivity contribution in [2.75, 3.05) is 0 Å². The fraction of sp³-hybridized carbons (Fsp3) is 0.250. The van der Waals surface area contributed by atoms with Crippen LogP contribution in [0, 0.1) is 23.0 Å². The van der Waals surface area contributed by atoms with E-state index in [1.165, 1.54) is 6.07 Å². The van der Waals surface area contributed by atoms with Crippen molar-refractivity contribution in [3.05, 3.63) is 29.1 Å². The quantitative estimate of drug-likeness (QED) is 0.693. The minimum atomic E-state index is -2.98. The van der Waals surface area contributed by atoms with Crippen molar-refractivity contribution < 1.29 is 17.6 Å². The van der Waals surface area contributed by atoms with Crippen molar-refractivity contribution >= 4 is 0 Å². The number of pyridine rings is 1. The molecule has 1 aromatic rings. The van der Waals surface area contributed by atoms with Crippen LogP contribution in [0.25, 0.3) is 0 Å². The zero-order valence-corrected chi connectivity index (χ0v) is 6.77. The molecule has 1 heterocycles. The van der Waals surface area contributed by atoms with Crippen LogP contribution in [0.3, 0.4) is 0 Å². The third-order valence-corrected chi connectivity index (χ3v) is 1.47. The standard InChI is InChI=1S/C8H4F4N2/c9-4-3-6(8(11)12)14-5(1-2-13)7(4)10/h3,8H,1H2. The van der Waals surface area contributed by atoms with Crippen molar-refractivity contribution in [2.45, 2.75) is 12.8 Å². The van der Waals surface area contributed by atoms with Gasteiger partial charge >= 0.3 is 0 Å². The van der Waals surface area contributed by atoms with E-state index < -0.39 is 35.9 Å². The Morgan fingerprint density at radius 1 is 1.43 bits per heavy atom. The maximum Gasteiger partial charge on any atom is 0.280 e. The minimum Gasteiger partial charge on any atom is -0.247 e. The molecule has 0 saturated heterocycles. The average molecular weight is 204 g/mol. The third kappa shape index (κ3) is 1.99. The topological polar surface area (TPSA) is 36.7 Å². The van der Waals surface area contributed by atoms with Gasteiger partial charge in [0.15, 0.2) is 11.6 Å². The molecule has 0 bridgehead atoms. The molecule has 0 saturated carbocycles. The summed E-state index contributed by atoms with van der Waals surface area (Å²) in [6.07, 6.45) is -3.52. The van der Waals surface area contributed by atoms with Crippen LogP contribution in [-0.4, -0.2) is 4.98 Å². The molecule has 1 aromatic heterocycles. The summed E-state index contributed by atoms with van der Waals surface area (Å²) in [5, 5.41) is 8.20. The van der Waals surface area contributed by atoms with E-state index >= 15 is 0 Å². The summed E-state index contributed by atoms with van der Waals surface area (Å²) >= 11 is 0. The first kappa shape index (κ1) is 10.4. The summed E-state index contributed by atoms with van der Waals surface area (Å²) in [5.41, 5.74) is -1.46. The van der Waals surface area contributed by atoms with Crippen LogP contribution in [0.15, 0.2) is 6.07 Å². The minimum absolute atomic E-state index is 0.320. The molecule has 0 radical (unpaired) electrons. The highest BCUT2D eigenvalue weighted by Gasteiger charge is 2.17. The van der Waals surface area contributed by atoms with Crippen molar-refractivity contribution in [3.63, 3.8) is 0 Å². The van der Waals surface area contributed by atoms with Crippen LogP contribution in [0.2, 0.25) is 0 Å². The fourth-order valence-electron chi connectivity index (χ4n) is 0.872. The van der Waals surface area contributed by atoms with Crippen molar-refractivity contribution in [3.8, 4) is 6.07 Å². The van der Waals surface area contributed by atoms with Crippen LogP contribution in [0.5, 0.6) is 0 Å². The second kappa shape index (κ2) is 4.05. The molecule has 0 unspecified atom stereocenters. The van der Waals surface area contributed by atoms with Crippen LogP contribution >= 0.6 is 0 Å². The Labute approximate surface area is 76.8 Å². The molecule has 0 aromatic carbocycles. The summed E-state index contributed by atoms with van der Waals surface area (Å²) in [5.74, 6) is -2.77. The molecular weight excluding hydrogens is 200 g/mol. The highest BCUT2D eigenvalue weighted by molar-refractivity contribution is 5.18. The Hall–Kier alpha value is -1.64. The number of halogens is 4. The van der Waals surface area contributed by atoms with Crippen molar-refractivity contribution in [1.82, 2.24) is 4.98 Å². The van der Waals surface area contributed by atoms with E-state index in [-0.39, 0.29) is 0 Å². The molecule has 0 spiro atoms. The molecule has 2 nitrogen and oxygen atoms in total. The molecule has 0 aliphatic rings. The summed E-state index contributed by atoms with van der Waals surface area (Å²) in [4.78, 5) is 3.13. The number of rotatable bonds is 2. The van der Waals surface area contributed by atoms with Crippen LogP contribution in [0.1, 0.15) is 17.8 Å². The predicted octanol–water partition coefficient (Wildman–Crippen LogP) is 2.36. The lowest BCUT2D eigenvalue weighted by atomic mass is 10.2. The normalized spacial score (nSPS) is 10.3. The molecule has 0 aliphatic carbocycles. The van der Waals surface area contributed by atoms with Crippen molar-refractivity contribution in [2.24, 2.45) is 0 Å². The van der Waals surface area contributed by atoms with Crippen molar-refractivity contribution in [1.29, 1.82) is 5.26 Å². The number of nitrogens with zero attached hydrogens (tertiary/aromatic N) is 2. The monoisotopic (exact) mass is 204 g/mol. The van der Waals surface area contributed by atoms with E-state index in [1.807, 2.05) is 0 Å². The number of nitriles is 1. The molecule has 14 heavy (non-hydrogen) atoms. The lowest BCUT2D eigenvalue weighted by molar-refractivity contribution is 0.145. The van der Waals surface area contributed by atoms with Gasteiger partial charge in [-0.3, -0.25) is 0 Å². The Morgan fingerprint density at radius 3 is 2.57 bits per heavy atom. The number of hydrogen-bond acceptors (Lipinski definition) is 2. The summed E-state index contributed by atoms with van der Waals surface area (Å²) in [6.45, 7) is 0. The van der Waals surface area contributed by atoms with Gasteiger partial charge in [-0.15, -0.1) is 0 Å². The van der Waals surface area contributed by atoms with E-state index in [9.17, 15) is 17.6 Å². The van der Waals surface area contributed by atoms with Crippen LogP contribution in [0.4, 0.5) is 17.6 Å². The third-order valence-electron chi connectivity index (χ3n) is 1.47. The zero-order chi connectivity index (χ0) is 10.7. The van der Waals surface area contributed by atoms with E-state index in [0.29, 0.717) is 6.07 Å². The Balaban J connectivity index is 3.22. The van der Waals surface area contributed by atoms with E-state index in [4.69, 9.17) is 5.26 Å². The van der Waals surface area contributed by atoms with Gasteiger partial charge in [-0.2, -0.15) is 5.26 Å². The van der Waals surface area contributed by atoms with Gasteiger partial charge < -0.3 is 0 Å². The fourth-order valence-corrected chi connectivity index (χ4v) is 0.872. The zero-order valence-electron chi connectivity index (χ0n) is 6.77. The van der Waals surface area contributed by atoms with Crippen LogP contribution in [-0.2, 0) is 6.42 Å². The molecule has 1 rings (SSSR count). The first-order valence-electron chi connectivity index (χ1n) is 3.56. The molecule has 74 valence electrons. The number of alkyl halides is 2. The molecular formula is C8H4F4N2.